The van der Waals surface area contributed by atoms with Crippen LogP contribution in [0.15, 0.2) is 24.5 Å². The number of nitrogens with two attached hydrogens (primary N) is 1. The highest BCUT2D eigenvalue weighted by atomic mass is 16.5. The summed E-state index contributed by atoms with van der Waals surface area (Å²) in [5.74, 6) is 1.23. The molecule has 0 fully saturated rings. The lowest BCUT2D eigenvalue weighted by atomic mass is 10.4. The van der Waals surface area contributed by atoms with Crippen LogP contribution in [0, 0.1) is 0 Å². The summed E-state index contributed by atoms with van der Waals surface area (Å²) in [4.78, 5) is 4.10. The van der Waals surface area contributed by atoms with Gasteiger partial charge in [-0.2, -0.15) is 0 Å². The SMILES string of the molecule is COc1cccn2cc(N)nc12. The number of hydrogen-bond donors (Lipinski definition) is 1. The van der Waals surface area contributed by atoms with Gasteiger partial charge in [0, 0.05) is 6.20 Å². The second-order valence-electron chi connectivity index (χ2n) is 2.47. The van der Waals surface area contributed by atoms with Gasteiger partial charge in [-0.05, 0) is 12.1 Å². The average Bonchev–Trinajstić information content (AvgIpc) is 2.44. The Hall–Kier alpha value is -1.71. The van der Waals surface area contributed by atoms with Gasteiger partial charge in [-0.25, -0.2) is 4.98 Å². The van der Waals surface area contributed by atoms with Crippen LogP contribution in [0.3, 0.4) is 0 Å². The number of aromatic nitrogens is 2. The molecule has 0 atom stereocenters. The predicted octanol–water partition coefficient (Wildman–Crippen LogP) is 0.925. The molecule has 12 heavy (non-hydrogen) atoms. The van der Waals surface area contributed by atoms with Crippen LogP contribution in [-0.2, 0) is 0 Å². The zero-order chi connectivity index (χ0) is 8.55. The molecule has 0 spiro atoms. The van der Waals surface area contributed by atoms with E-state index in [2.05, 4.69) is 4.98 Å². The number of ether oxygens (including phenoxy) is 1. The number of fused-ring (bicyclic) bond motifs is 1. The van der Waals surface area contributed by atoms with E-state index in [1.165, 1.54) is 0 Å². The molecule has 0 aliphatic heterocycles. The van der Waals surface area contributed by atoms with Crippen LogP contribution >= 0.6 is 0 Å². The lowest BCUT2D eigenvalue weighted by molar-refractivity contribution is 0.417. The van der Waals surface area contributed by atoms with Crippen molar-refractivity contribution in [2.75, 3.05) is 12.8 Å². The molecule has 2 rings (SSSR count). The second kappa shape index (κ2) is 2.41. The van der Waals surface area contributed by atoms with E-state index in [4.69, 9.17) is 10.5 Å². The van der Waals surface area contributed by atoms with E-state index in [9.17, 15) is 0 Å². The molecule has 4 nitrogen and oxygen atoms in total. The molecule has 2 heterocycles. The van der Waals surface area contributed by atoms with Crippen LogP contribution in [0.2, 0.25) is 0 Å². The van der Waals surface area contributed by atoms with Gasteiger partial charge in [0.15, 0.2) is 11.4 Å². The maximum Gasteiger partial charge on any atom is 0.181 e. The summed E-state index contributed by atoms with van der Waals surface area (Å²) < 4.78 is 6.93. The Morgan fingerprint density at radius 3 is 3.17 bits per heavy atom. The number of rotatable bonds is 1. The van der Waals surface area contributed by atoms with Crippen LogP contribution < -0.4 is 10.5 Å². The molecule has 0 aromatic carbocycles. The van der Waals surface area contributed by atoms with Crippen molar-refractivity contribution in [3.05, 3.63) is 24.5 Å². The van der Waals surface area contributed by atoms with Gasteiger partial charge < -0.3 is 14.9 Å². The molecule has 62 valence electrons. The third-order valence-electron chi connectivity index (χ3n) is 1.69. The fourth-order valence-corrected chi connectivity index (χ4v) is 1.17. The van der Waals surface area contributed by atoms with Crippen molar-refractivity contribution in [1.82, 2.24) is 9.38 Å². The first-order valence-corrected chi connectivity index (χ1v) is 3.58. The summed E-state index contributed by atoms with van der Waals surface area (Å²) in [5, 5.41) is 0. The Morgan fingerprint density at radius 2 is 2.42 bits per heavy atom. The van der Waals surface area contributed by atoms with Crippen molar-refractivity contribution in [2.45, 2.75) is 0 Å². The van der Waals surface area contributed by atoms with E-state index in [1.807, 2.05) is 22.7 Å². The standard InChI is InChI=1S/C8H9N3O/c1-12-6-3-2-4-11-5-7(9)10-8(6)11/h2-5H,9H2,1H3. The summed E-state index contributed by atoms with van der Waals surface area (Å²) in [6.45, 7) is 0. The largest absolute Gasteiger partial charge is 0.493 e. The molecule has 0 amide bonds. The normalized spacial score (nSPS) is 10.4. The van der Waals surface area contributed by atoms with Gasteiger partial charge in [-0.1, -0.05) is 0 Å². The maximum atomic E-state index is 5.53. The minimum Gasteiger partial charge on any atom is -0.493 e. The Kier molecular flexibility index (Phi) is 1.40. The summed E-state index contributed by atoms with van der Waals surface area (Å²) >= 11 is 0. The molecule has 0 radical (unpaired) electrons. The average molecular weight is 163 g/mol. The molecule has 2 aromatic rings. The smallest absolute Gasteiger partial charge is 0.181 e. The van der Waals surface area contributed by atoms with Crippen LogP contribution in [0.1, 0.15) is 0 Å². The van der Waals surface area contributed by atoms with E-state index < -0.39 is 0 Å². The lowest BCUT2D eigenvalue weighted by Gasteiger charge is -1.99. The van der Waals surface area contributed by atoms with Crippen LogP contribution in [0.25, 0.3) is 5.65 Å². The van der Waals surface area contributed by atoms with Gasteiger partial charge in [0.1, 0.15) is 5.82 Å². The molecule has 0 saturated heterocycles. The highest BCUT2D eigenvalue weighted by Gasteiger charge is 2.02. The number of nitrogens with zero attached hydrogens (tertiary/aromatic N) is 2. The van der Waals surface area contributed by atoms with Crippen molar-refractivity contribution in [3.8, 4) is 5.75 Å². The molecular weight excluding hydrogens is 154 g/mol. The summed E-state index contributed by atoms with van der Waals surface area (Å²) in [6, 6.07) is 3.73. The number of methoxy groups -OCH3 is 1. The Bertz CT molecular complexity index is 408. The maximum absolute atomic E-state index is 5.53. The van der Waals surface area contributed by atoms with E-state index in [1.54, 1.807) is 13.3 Å². The number of hydrogen-bond acceptors (Lipinski definition) is 3. The zero-order valence-electron chi connectivity index (χ0n) is 6.69. The van der Waals surface area contributed by atoms with Gasteiger partial charge >= 0.3 is 0 Å². The van der Waals surface area contributed by atoms with Crippen molar-refractivity contribution >= 4 is 11.5 Å². The molecule has 0 bridgehead atoms. The minimum absolute atomic E-state index is 0.500. The van der Waals surface area contributed by atoms with Gasteiger partial charge in [-0.3, -0.25) is 0 Å². The van der Waals surface area contributed by atoms with Crippen molar-refractivity contribution < 1.29 is 4.74 Å². The monoisotopic (exact) mass is 163 g/mol. The number of pyridine rings is 1. The summed E-state index contributed by atoms with van der Waals surface area (Å²) in [6.07, 6.45) is 3.62. The topological polar surface area (TPSA) is 52.5 Å². The molecule has 0 aliphatic rings. The molecule has 4 heteroatoms. The number of anilines is 1. The molecular formula is C8H9N3O. The first kappa shape index (κ1) is 6.97. The van der Waals surface area contributed by atoms with Crippen LogP contribution in [0.4, 0.5) is 5.82 Å². The number of nitrogen functional groups attached to an aromatic ring is 1. The number of imidazole rings is 1. The molecule has 0 unspecified atom stereocenters. The van der Waals surface area contributed by atoms with E-state index in [0.29, 0.717) is 5.82 Å². The third-order valence-corrected chi connectivity index (χ3v) is 1.69. The lowest BCUT2D eigenvalue weighted by Crippen LogP contribution is -1.88. The first-order chi connectivity index (χ1) is 5.81. The van der Waals surface area contributed by atoms with E-state index >= 15 is 0 Å². The molecule has 0 saturated carbocycles. The van der Waals surface area contributed by atoms with Crippen molar-refractivity contribution in [1.29, 1.82) is 0 Å². The third kappa shape index (κ3) is 0.887. The molecule has 0 aliphatic carbocycles. The fourth-order valence-electron chi connectivity index (χ4n) is 1.17. The van der Waals surface area contributed by atoms with Crippen LogP contribution in [0.5, 0.6) is 5.75 Å². The predicted molar refractivity (Wildman–Crippen MR) is 46.2 cm³/mol. The van der Waals surface area contributed by atoms with Crippen molar-refractivity contribution in [3.63, 3.8) is 0 Å². The Balaban J connectivity index is 2.78. The Labute approximate surface area is 69.6 Å². The van der Waals surface area contributed by atoms with Gasteiger partial charge in [0.05, 0.1) is 13.3 Å². The summed E-state index contributed by atoms with van der Waals surface area (Å²) in [7, 11) is 1.61. The Morgan fingerprint density at radius 1 is 1.58 bits per heavy atom. The quantitative estimate of drug-likeness (QED) is 0.680. The first-order valence-electron chi connectivity index (χ1n) is 3.58. The highest BCUT2D eigenvalue weighted by molar-refractivity contribution is 5.57. The van der Waals surface area contributed by atoms with Gasteiger partial charge in [0.25, 0.3) is 0 Å². The van der Waals surface area contributed by atoms with E-state index in [-0.39, 0.29) is 0 Å². The van der Waals surface area contributed by atoms with Crippen LogP contribution in [-0.4, -0.2) is 16.5 Å². The highest BCUT2D eigenvalue weighted by Crippen LogP contribution is 2.18. The van der Waals surface area contributed by atoms with Gasteiger partial charge in [-0.15, -0.1) is 0 Å². The molecule has 2 aromatic heterocycles. The van der Waals surface area contributed by atoms with Crippen molar-refractivity contribution in [2.24, 2.45) is 0 Å². The minimum atomic E-state index is 0.500. The second-order valence-corrected chi connectivity index (χ2v) is 2.47. The summed E-state index contributed by atoms with van der Waals surface area (Å²) in [5.41, 5.74) is 6.27. The van der Waals surface area contributed by atoms with E-state index in [0.717, 1.165) is 11.4 Å². The molecule has 2 N–H and O–H groups in total. The van der Waals surface area contributed by atoms with Gasteiger partial charge in [0.2, 0.25) is 0 Å². The fraction of sp³-hybridized carbons (Fsp3) is 0.125. The zero-order valence-corrected chi connectivity index (χ0v) is 6.69.